The molecule has 0 heterocycles. The molecule has 0 spiro atoms. The van der Waals surface area contributed by atoms with E-state index in [1.165, 1.54) is 0 Å². The number of nitrogens with two attached hydrogens (primary N) is 1. The van der Waals surface area contributed by atoms with Crippen molar-refractivity contribution in [2.75, 3.05) is 6.61 Å². The largest absolute Gasteiger partial charge is 0.450 e. The molecule has 0 aromatic carbocycles. The molecule has 0 atom stereocenters. The number of hydrogen-bond acceptors (Lipinski definition) is 3. The summed E-state index contributed by atoms with van der Waals surface area (Å²) >= 11 is 0. The van der Waals surface area contributed by atoms with Gasteiger partial charge in [-0.1, -0.05) is 0 Å². The van der Waals surface area contributed by atoms with E-state index in [2.05, 4.69) is 5.32 Å². The second-order valence-electron chi connectivity index (χ2n) is 3.48. The number of amides is 1. The van der Waals surface area contributed by atoms with Crippen molar-refractivity contribution in [3.8, 4) is 0 Å². The number of rotatable bonds is 2. The maximum atomic E-state index is 11.0. The maximum absolute atomic E-state index is 11.0. The first kappa shape index (κ1) is 10.3. The van der Waals surface area contributed by atoms with Gasteiger partial charge < -0.3 is 15.8 Å². The lowest BCUT2D eigenvalue weighted by atomic mass is 9.92. The molecule has 0 aromatic rings. The minimum absolute atomic E-state index is 0.263. The summed E-state index contributed by atoms with van der Waals surface area (Å²) in [4.78, 5) is 11.0. The van der Waals surface area contributed by atoms with Gasteiger partial charge in [-0.25, -0.2) is 4.79 Å². The van der Waals surface area contributed by atoms with E-state index in [1.807, 2.05) is 0 Å². The first-order valence-corrected chi connectivity index (χ1v) is 4.91. The fourth-order valence-electron chi connectivity index (χ4n) is 1.60. The highest BCUT2D eigenvalue weighted by Gasteiger charge is 2.19. The molecule has 1 aliphatic rings. The van der Waals surface area contributed by atoms with Crippen molar-refractivity contribution in [1.82, 2.24) is 5.32 Å². The topological polar surface area (TPSA) is 64.3 Å². The number of alkyl carbamates (subject to hydrolysis) is 1. The van der Waals surface area contributed by atoms with E-state index in [9.17, 15) is 4.79 Å². The van der Waals surface area contributed by atoms with Crippen LogP contribution in [0.4, 0.5) is 4.79 Å². The highest BCUT2D eigenvalue weighted by molar-refractivity contribution is 5.67. The first-order valence-electron chi connectivity index (χ1n) is 4.91. The minimum atomic E-state index is -0.303. The lowest BCUT2D eigenvalue weighted by Crippen LogP contribution is -2.40. The van der Waals surface area contributed by atoms with Crippen molar-refractivity contribution < 1.29 is 9.53 Å². The van der Waals surface area contributed by atoms with Crippen molar-refractivity contribution in [1.29, 1.82) is 0 Å². The van der Waals surface area contributed by atoms with Crippen molar-refractivity contribution in [3.05, 3.63) is 0 Å². The summed E-state index contributed by atoms with van der Waals surface area (Å²) in [7, 11) is 0. The Kier molecular flexibility index (Phi) is 4.02. The second kappa shape index (κ2) is 5.07. The molecule has 0 saturated heterocycles. The third kappa shape index (κ3) is 3.63. The van der Waals surface area contributed by atoms with Crippen molar-refractivity contribution in [3.63, 3.8) is 0 Å². The molecule has 1 fully saturated rings. The van der Waals surface area contributed by atoms with Gasteiger partial charge in [0.15, 0.2) is 0 Å². The van der Waals surface area contributed by atoms with Gasteiger partial charge in [0, 0.05) is 12.1 Å². The van der Waals surface area contributed by atoms with Crippen LogP contribution in [0.1, 0.15) is 32.6 Å². The molecule has 4 heteroatoms. The monoisotopic (exact) mass is 186 g/mol. The number of hydrogen-bond donors (Lipinski definition) is 2. The van der Waals surface area contributed by atoms with Gasteiger partial charge in [0.25, 0.3) is 0 Å². The fraction of sp³-hybridized carbons (Fsp3) is 0.889. The molecule has 4 nitrogen and oxygen atoms in total. The van der Waals surface area contributed by atoms with Gasteiger partial charge in [-0.3, -0.25) is 0 Å². The molecule has 76 valence electrons. The standard InChI is InChI=1S/C9H18N2O2/c1-2-13-9(12)11-8-5-3-7(10)4-6-8/h7-8H,2-6,10H2,1H3,(H,11,12). The van der Waals surface area contributed by atoms with Crippen LogP contribution >= 0.6 is 0 Å². The molecule has 0 bridgehead atoms. The first-order chi connectivity index (χ1) is 6.22. The van der Waals surface area contributed by atoms with Crippen LogP contribution in [-0.4, -0.2) is 24.8 Å². The second-order valence-corrected chi connectivity index (χ2v) is 3.48. The van der Waals surface area contributed by atoms with Crippen LogP contribution in [0.3, 0.4) is 0 Å². The summed E-state index contributed by atoms with van der Waals surface area (Å²) in [6.07, 6.45) is 3.64. The lowest BCUT2D eigenvalue weighted by Gasteiger charge is -2.26. The number of ether oxygens (including phenoxy) is 1. The Morgan fingerprint density at radius 1 is 1.46 bits per heavy atom. The van der Waals surface area contributed by atoms with Crippen LogP contribution < -0.4 is 11.1 Å². The highest BCUT2D eigenvalue weighted by atomic mass is 16.5. The third-order valence-electron chi connectivity index (χ3n) is 2.37. The van der Waals surface area contributed by atoms with Crippen LogP contribution in [0.2, 0.25) is 0 Å². The van der Waals surface area contributed by atoms with Crippen LogP contribution in [0.25, 0.3) is 0 Å². The van der Waals surface area contributed by atoms with Crippen molar-refractivity contribution in [2.45, 2.75) is 44.7 Å². The zero-order valence-electron chi connectivity index (χ0n) is 8.08. The van der Waals surface area contributed by atoms with Crippen LogP contribution in [0, 0.1) is 0 Å². The van der Waals surface area contributed by atoms with E-state index in [0.29, 0.717) is 12.6 Å². The van der Waals surface area contributed by atoms with Crippen molar-refractivity contribution in [2.24, 2.45) is 5.73 Å². The van der Waals surface area contributed by atoms with Gasteiger partial charge in [-0.2, -0.15) is 0 Å². The van der Waals surface area contributed by atoms with Gasteiger partial charge in [0.2, 0.25) is 0 Å². The van der Waals surface area contributed by atoms with E-state index in [0.717, 1.165) is 25.7 Å². The third-order valence-corrected chi connectivity index (χ3v) is 2.37. The lowest BCUT2D eigenvalue weighted by molar-refractivity contribution is 0.144. The zero-order chi connectivity index (χ0) is 9.68. The average molecular weight is 186 g/mol. The summed E-state index contributed by atoms with van der Waals surface area (Å²) in [5.74, 6) is 0. The van der Waals surface area contributed by atoms with Crippen LogP contribution in [0.5, 0.6) is 0 Å². The van der Waals surface area contributed by atoms with Gasteiger partial charge in [0.05, 0.1) is 6.61 Å². The molecular weight excluding hydrogens is 168 g/mol. The molecule has 0 unspecified atom stereocenters. The van der Waals surface area contributed by atoms with Gasteiger partial charge in [0.1, 0.15) is 0 Å². The molecule has 0 radical (unpaired) electrons. The molecule has 1 aliphatic carbocycles. The van der Waals surface area contributed by atoms with E-state index in [-0.39, 0.29) is 12.1 Å². The average Bonchev–Trinajstić information content (AvgIpc) is 2.09. The molecule has 3 N–H and O–H groups in total. The maximum Gasteiger partial charge on any atom is 0.407 e. The summed E-state index contributed by atoms with van der Waals surface area (Å²) in [6, 6.07) is 0.582. The van der Waals surface area contributed by atoms with Gasteiger partial charge >= 0.3 is 6.09 Å². The predicted octanol–water partition coefficient (Wildman–Crippen LogP) is 1.00. The Labute approximate surface area is 78.8 Å². The molecule has 0 aromatic heterocycles. The van der Waals surface area contributed by atoms with E-state index in [4.69, 9.17) is 10.5 Å². The van der Waals surface area contributed by atoms with E-state index >= 15 is 0 Å². The van der Waals surface area contributed by atoms with Crippen LogP contribution in [0.15, 0.2) is 0 Å². The van der Waals surface area contributed by atoms with Gasteiger partial charge in [-0.05, 0) is 32.6 Å². The quantitative estimate of drug-likeness (QED) is 0.676. The Morgan fingerprint density at radius 2 is 2.08 bits per heavy atom. The summed E-state index contributed by atoms with van der Waals surface area (Å²) < 4.78 is 4.79. The minimum Gasteiger partial charge on any atom is -0.450 e. The number of nitrogens with one attached hydrogen (secondary N) is 1. The molecule has 1 rings (SSSR count). The summed E-state index contributed by atoms with van der Waals surface area (Å²) in [6.45, 7) is 2.23. The molecular formula is C9H18N2O2. The fourth-order valence-corrected chi connectivity index (χ4v) is 1.60. The number of carbonyl (C=O) groups excluding carboxylic acids is 1. The Hall–Kier alpha value is -0.770. The summed E-state index contributed by atoms with van der Waals surface area (Å²) in [5.41, 5.74) is 5.74. The van der Waals surface area contributed by atoms with Crippen LogP contribution in [-0.2, 0) is 4.74 Å². The molecule has 1 amide bonds. The molecule has 0 aliphatic heterocycles. The SMILES string of the molecule is CCOC(=O)NC1CCC(N)CC1. The number of carbonyl (C=O) groups is 1. The van der Waals surface area contributed by atoms with E-state index in [1.54, 1.807) is 6.92 Å². The molecule has 13 heavy (non-hydrogen) atoms. The Morgan fingerprint density at radius 3 is 2.62 bits per heavy atom. The smallest absolute Gasteiger partial charge is 0.407 e. The normalized spacial score (nSPS) is 28.2. The Balaban J connectivity index is 2.18. The predicted molar refractivity (Wildman–Crippen MR) is 50.4 cm³/mol. The molecule has 1 saturated carbocycles. The summed E-state index contributed by atoms with van der Waals surface area (Å²) in [5, 5.41) is 2.82. The Bertz CT molecular complexity index is 165. The van der Waals surface area contributed by atoms with E-state index < -0.39 is 0 Å². The van der Waals surface area contributed by atoms with Gasteiger partial charge in [-0.15, -0.1) is 0 Å². The van der Waals surface area contributed by atoms with Crippen molar-refractivity contribution >= 4 is 6.09 Å². The zero-order valence-corrected chi connectivity index (χ0v) is 8.08. The highest BCUT2D eigenvalue weighted by Crippen LogP contribution is 2.16.